The Balaban J connectivity index is 2.87. The van der Waals surface area contributed by atoms with Gasteiger partial charge in [0.25, 0.3) is 0 Å². The van der Waals surface area contributed by atoms with E-state index in [0.717, 1.165) is 26.9 Å². The molecule has 2 nitrogen and oxygen atoms in total. The second-order valence-electron chi connectivity index (χ2n) is 2.91. The van der Waals surface area contributed by atoms with Crippen molar-refractivity contribution < 1.29 is 0 Å². The number of aromatic nitrogens is 2. The SMILES string of the molecule is Cc1ccc2c(Br)c(C)[nH]c2n1. The molecule has 2 rings (SSSR count). The van der Waals surface area contributed by atoms with Gasteiger partial charge in [0.2, 0.25) is 0 Å². The highest BCUT2D eigenvalue weighted by Crippen LogP contribution is 2.25. The summed E-state index contributed by atoms with van der Waals surface area (Å²) in [4.78, 5) is 7.58. The zero-order valence-electron chi connectivity index (χ0n) is 6.98. The molecule has 2 heterocycles. The Labute approximate surface area is 79.1 Å². The standard InChI is InChI=1S/C9H9BrN2/c1-5-3-4-7-8(10)6(2)12-9(7)11-5/h3-4H,1-2H3,(H,11,12). The molecule has 2 aromatic heterocycles. The van der Waals surface area contributed by atoms with Crippen molar-refractivity contribution in [1.29, 1.82) is 0 Å². The van der Waals surface area contributed by atoms with E-state index in [9.17, 15) is 0 Å². The molecule has 3 heteroatoms. The summed E-state index contributed by atoms with van der Waals surface area (Å²) in [6.45, 7) is 4.02. The Hall–Kier alpha value is -0.830. The summed E-state index contributed by atoms with van der Waals surface area (Å²) in [7, 11) is 0. The first-order chi connectivity index (χ1) is 5.68. The molecule has 0 bridgehead atoms. The molecule has 0 radical (unpaired) electrons. The number of aromatic amines is 1. The van der Waals surface area contributed by atoms with Gasteiger partial charge < -0.3 is 4.98 Å². The fourth-order valence-electron chi connectivity index (χ4n) is 1.26. The van der Waals surface area contributed by atoms with E-state index in [2.05, 4.69) is 32.0 Å². The topological polar surface area (TPSA) is 28.7 Å². The molecule has 0 saturated heterocycles. The summed E-state index contributed by atoms with van der Waals surface area (Å²) >= 11 is 3.50. The molecule has 0 aliphatic carbocycles. The molecule has 62 valence electrons. The van der Waals surface area contributed by atoms with Gasteiger partial charge in [-0.1, -0.05) is 0 Å². The maximum Gasteiger partial charge on any atom is 0.138 e. The van der Waals surface area contributed by atoms with Crippen LogP contribution in [0.3, 0.4) is 0 Å². The number of rotatable bonds is 0. The highest BCUT2D eigenvalue weighted by Gasteiger charge is 2.05. The molecule has 0 aromatic carbocycles. The van der Waals surface area contributed by atoms with E-state index in [-0.39, 0.29) is 0 Å². The van der Waals surface area contributed by atoms with Gasteiger partial charge in [0, 0.05) is 21.2 Å². The van der Waals surface area contributed by atoms with Crippen LogP contribution in [0.15, 0.2) is 16.6 Å². The van der Waals surface area contributed by atoms with Crippen LogP contribution >= 0.6 is 15.9 Å². The van der Waals surface area contributed by atoms with Gasteiger partial charge in [-0.3, -0.25) is 0 Å². The minimum atomic E-state index is 0.958. The predicted molar refractivity (Wildman–Crippen MR) is 53.3 cm³/mol. The van der Waals surface area contributed by atoms with Crippen LogP contribution in [0.5, 0.6) is 0 Å². The monoisotopic (exact) mass is 224 g/mol. The van der Waals surface area contributed by atoms with Crippen molar-refractivity contribution in [1.82, 2.24) is 9.97 Å². The maximum atomic E-state index is 4.37. The predicted octanol–water partition coefficient (Wildman–Crippen LogP) is 2.94. The number of halogens is 1. The van der Waals surface area contributed by atoms with Crippen LogP contribution in [-0.4, -0.2) is 9.97 Å². The highest BCUT2D eigenvalue weighted by atomic mass is 79.9. The number of hydrogen-bond donors (Lipinski definition) is 1. The van der Waals surface area contributed by atoms with Crippen molar-refractivity contribution in [3.63, 3.8) is 0 Å². The summed E-state index contributed by atoms with van der Waals surface area (Å²) < 4.78 is 1.12. The second kappa shape index (κ2) is 2.59. The lowest BCUT2D eigenvalue weighted by atomic mass is 10.3. The van der Waals surface area contributed by atoms with Gasteiger partial charge in [0.15, 0.2) is 0 Å². The van der Waals surface area contributed by atoms with E-state index in [1.807, 2.05) is 19.9 Å². The molecule has 0 aliphatic heterocycles. The second-order valence-corrected chi connectivity index (χ2v) is 3.71. The van der Waals surface area contributed by atoms with Gasteiger partial charge in [-0.15, -0.1) is 0 Å². The molecule has 1 N–H and O–H groups in total. The van der Waals surface area contributed by atoms with Crippen LogP contribution in [0.25, 0.3) is 11.0 Å². The normalized spacial score (nSPS) is 10.9. The Morgan fingerprint density at radius 2 is 2.08 bits per heavy atom. The third-order valence-electron chi connectivity index (χ3n) is 1.91. The Morgan fingerprint density at radius 1 is 1.33 bits per heavy atom. The molecule has 0 atom stereocenters. The molecule has 0 fully saturated rings. The molecular weight excluding hydrogens is 216 g/mol. The van der Waals surface area contributed by atoms with Crippen LogP contribution in [0.1, 0.15) is 11.4 Å². The minimum Gasteiger partial charge on any atom is -0.342 e. The fraction of sp³-hybridized carbons (Fsp3) is 0.222. The number of nitrogens with zero attached hydrogens (tertiary/aromatic N) is 1. The van der Waals surface area contributed by atoms with Crippen molar-refractivity contribution in [2.45, 2.75) is 13.8 Å². The average molecular weight is 225 g/mol. The Morgan fingerprint density at radius 3 is 2.83 bits per heavy atom. The number of fused-ring (bicyclic) bond motifs is 1. The van der Waals surface area contributed by atoms with Crippen LogP contribution < -0.4 is 0 Å². The van der Waals surface area contributed by atoms with Crippen LogP contribution in [-0.2, 0) is 0 Å². The number of hydrogen-bond acceptors (Lipinski definition) is 1. The van der Waals surface area contributed by atoms with Gasteiger partial charge in [-0.05, 0) is 41.9 Å². The molecule has 0 aliphatic rings. The van der Waals surface area contributed by atoms with Crippen molar-refractivity contribution in [3.8, 4) is 0 Å². The summed E-state index contributed by atoms with van der Waals surface area (Å²) in [5.74, 6) is 0. The van der Waals surface area contributed by atoms with Crippen LogP contribution in [0.4, 0.5) is 0 Å². The molecule has 2 aromatic rings. The third-order valence-corrected chi connectivity index (χ3v) is 2.93. The van der Waals surface area contributed by atoms with E-state index >= 15 is 0 Å². The first-order valence-electron chi connectivity index (χ1n) is 3.80. The quantitative estimate of drug-likeness (QED) is 0.733. The van der Waals surface area contributed by atoms with Crippen molar-refractivity contribution in [2.75, 3.05) is 0 Å². The first kappa shape index (κ1) is 7.80. The minimum absolute atomic E-state index is 0.958. The summed E-state index contributed by atoms with van der Waals surface area (Å²) in [5, 5.41) is 1.15. The van der Waals surface area contributed by atoms with Gasteiger partial charge in [0.05, 0.1) is 0 Å². The third kappa shape index (κ3) is 1.05. The van der Waals surface area contributed by atoms with Crippen molar-refractivity contribution >= 4 is 27.0 Å². The summed E-state index contributed by atoms with van der Waals surface area (Å²) in [6, 6.07) is 4.09. The molecular formula is C9H9BrN2. The average Bonchev–Trinajstić information content (AvgIpc) is 2.28. The Bertz CT molecular complexity index is 431. The zero-order valence-corrected chi connectivity index (χ0v) is 8.57. The van der Waals surface area contributed by atoms with Gasteiger partial charge in [-0.25, -0.2) is 4.98 Å². The smallest absolute Gasteiger partial charge is 0.138 e. The molecule has 12 heavy (non-hydrogen) atoms. The summed E-state index contributed by atoms with van der Waals surface area (Å²) in [6.07, 6.45) is 0. The lowest BCUT2D eigenvalue weighted by molar-refractivity contribution is 1.19. The van der Waals surface area contributed by atoms with Crippen LogP contribution in [0.2, 0.25) is 0 Å². The van der Waals surface area contributed by atoms with Gasteiger partial charge >= 0.3 is 0 Å². The lowest BCUT2D eigenvalue weighted by Gasteiger charge is -1.91. The largest absolute Gasteiger partial charge is 0.342 e. The van der Waals surface area contributed by atoms with Gasteiger partial charge in [0.1, 0.15) is 5.65 Å². The van der Waals surface area contributed by atoms with E-state index in [1.165, 1.54) is 0 Å². The maximum absolute atomic E-state index is 4.37. The lowest BCUT2D eigenvalue weighted by Crippen LogP contribution is -1.80. The van der Waals surface area contributed by atoms with E-state index in [0.29, 0.717) is 0 Å². The number of aryl methyl sites for hydroxylation is 2. The van der Waals surface area contributed by atoms with Crippen molar-refractivity contribution in [3.05, 3.63) is 28.0 Å². The van der Waals surface area contributed by atoms with E-state index < -0.39 is 0 Å². The van der Waals surface area contributed by atoms with Crippen LogP contribution in [0, 0.1) is 13.8 Å². The molecule has 0 amide bonds. The zero-order chi connectivity index (χ0) is 8.72. The first-order valence-corrected chi connectivity index (χ1v) is 4.59. The number of H-pyrrole nitrogens is 1. The number of pyridine rings is 1. The van der Waals surface area contributed by atoms with Crippen molar-refractivity contribution in [2.24, 2.45) is 0 Å². The van der Waals surface area contributed by atoms with Gasteiger partial charge in [-0.2, -0.15) is 0 Å². The highest BCUT2D eigenvalue weighted by molar-refractivity contribution is 9.10. The summed E-state index contributed by atoms with van der Waals surface area (Å²) in [5.41, 5.74) is 3.12. The fourth-order valence-corrected chi connectivity index (χ4v) is 1.68. The molecule has 0 unspecified atom stereocenters. The van der Waals surface area contributed by atoms with E-state index in [1.54, 1.807) is 0 Å². The Kier molecular flexibility index (Phi) is 1.68. The molecule has 0 spiro atoms. The number of nitrogens with one attached hydrogen (secondary N) is 1. The molecule has 0 saturated carbocycles. The van der Waals surface area contributed by atoms with E-state index in [4.69, 9.17) is 0 Å².